The molecule has 1 N–H and O–H groups in total. The molecule has 4 heteroatoms. The Morgan fingerprint density at radius 3 is 2.57 bits per heavy atom. The molecule has 21 heavy (non-hydrogen) atoms. The summed E-state index contributed by atoms with van der Waals surface area (Å²) in [4.78, 5) is 0. The first-order valence-corrected chi connectivity index (χ1v) is 8.93. The highest BCUT2D eigenvalue weighted by Gasteiger charge is 2.24. The fourth-order valence-corrected chi connectivity index (χ4v) is 4.07. The molecule has 118 valence electrons. The number of nitrogens with zero attached hydrogens (tertiary/aromatic N) is 3. The van der Waals surface area contributed by atoms with Gasteiger partial charge in [0.25, 0.3) is 0 Å². The largest absolute Gasteiger partial charge is 0.314 e. The monoisotopic (exact) mass is 290 g/mol. The Bertz CT molecular complexity index is 448. The fraction of sp³-hybridized carbons (Fsp3) is 0.882. The standard InChI is InChI=1S/C17H30N4/c1-13(15-9-5-3-6-10-15)18-14(2)17-20-19-16-11-7-4-8-12-21(16)17/h13-15,18H,3-12H2,1-2H3. The second-order valence-electron chi connectivity index (χ2n) is 7.01. The van der Waals surface area contributed by atoms with Crippen molar-refractivity contribution >= 4 is 0 Å². The Morgan fingerprint density at radius 1 is 1.00 bits per heavy atom. The molecule has 0 bridgehead atoms. The first kappa shape index (κ1) is 15.0. The molecular formula is C17H30N4. The van der Waals surface area contributed by atoms with Crippen LogP contribution in [0.4, 0.5) is 0 Å². The summed E-state index contributed by atoms with van der Waals surface area (Å²) in [6.45, 7) is 5.70. The molecule has 2 aliphatic rings. The van der Waals surface area contributed by atoms with Gasteiger partial charge < -0.3 is 9.88 Å². The Hall–Kier alpha value is -0.900. The lowest BCUT2D eigenvalue weighted by Crippen LogP contribution is -2.37. The van der Waals surface area contributed by atoms with Crippen LogP contribution in [0.2, 0.25) is 0 Å². The van der Waals surface area contributed by atoms with Crippen molar-refractivity contribution < 1.29 is 0 Å². The summed E-state index contributed by atoms with van der Waals surface area (Å²) in [5.41, 5.74) is 0. The SMILES string of the molecule is CC(NC(C)C1CCCCC1)c1nnc2n1CCCCC2. The van der Waals surface area contributed by atoms with Crippen molar-refractivity contribution in [3.05, 3.63) is 11.6 Å². The Balaban J connectivity index is 1.64. The quantitative estimate of drug-likeness (QED) is 0.921. The van der Waals surface area contributed by atoms with Crippen molar-refractivity contribution in [2.45, 2.75) is 90.3 Å². The van der Waals surface area contributed by atoms with E-state index in [2.05, 4.69) is 33.9 Å². The highest BCUT2D eigenvalue weighted by Crippen LogP contribution is 2.28. The van der Waals surface area contributed by atoms with Gasteiger partial charge in [-0.2, -0.15) is 0 Å². The van der Waals surface area contributed by atoms with Gasteiger partial charge in [-0.05, 0) is 45.4 Å². The molecule has 0 aromatic carbocycles. The Labute approximate surface area is 128 Å². The lowest BCUT2D eigenvalue weighted by atomic mass is 9.84. The molecule has 0 spiro atoms. The van der Waals surface area contributed by atoms with E-state index in [4.69, 9.17) is 0 Å². The number of hydrogen-bond donors (Lipinski definition) is 1. The highest BCUT2D eigenvalue weighted by molar-refractivity contribution is 5.02. The molecule has 1 aliphatic heterocycles. The highest BCUT2D eigenvalue weighted by atomic mass is 15.3. The second kappa shape index (κ2) is 6.91. The molecule has 1 fully saturated rings. The lowest BCUT2D eigenvalue weighted by Gasteiger charge is -2.30. The van der Waals surface area contributed by atoms with Gasteiger partial charge in [-0.3, -0.25) is 0 Å². The predicted octanol–water partition coefficient (Wildman–Crippen LogP) is 3.62. The molecule has 1 aromatic rings. The molecule has 0 amide bonds. The fourth-order valence-electron chi connectivity index (χ4n) is 4.07. The molecule has 0 radical (unpaired) electrons. The molecule has 2 heterocycles. The minimum Gasteiger partial charge on any atom is -0.314 e. The number of nitrogens with one attached hydrogen (secondary N) is 1. The average Bonchev–Trinajstić information content (AvgIpc) is 2.77. The van der Waals surface area contributed by atoms with Gasteiger partial charge in [0.05, 0.1) is 6.04 Å². The van der Waals surface area contributed by atoms with Crippen LogP contribution in [-0.2, 0) is 13.0 Å². The van der Waals surface area contributed by atoms with E-state index in [0.717, 1.165) is 24.7 Å². The molecule has 1 aromatic heterocycles. The zero-order chi connectivity index (χ0) is 14.7. The summed E-state index contributed by atoms with van der Waals surface area (Å²) in [7, 11) is 0. The second-order valence-corrected chi connectivity index (χ2v) is 7.01. The third kappa shape index (κ3) is 3.47. The zero-order valence-electron chi connectivity index (χ0n) is 13.6. The van der Waals surface area contributed by atoms with E-state index in [9.17, 15) is 0 Å². The van der Waals surface area contributed by atoms with Crippen LogP contribution >= 0.6 is 0 Å². The van der Waals surface area contributed by atoms with Gasteiger partial charge in [0.15, 0.2) is 0 Å². The van der Waals surface area contributed by atoms with Gasteiger partial charge >= 0.3 is 0 Å². The topological polar surface area (TPSA) is 42.7 Å². The van der Waals surface area contributed by atoms with Gasteiger partial charge in [0.2, 0.25) is 0 Å². The van der Waals surface area contributed by atoms with Crippen molar-refractivity contribution in [2.75, 3.05) is 0 Å². The maximum absolute atomic E-state index is 4.49. The molecule has 4 nitrogen and oxygen atoms in total. The maximum Gasteiger partial charge on any atom is 0.149 e. The van der Waals surface area contributed by atoms with Crippen molar-refractivity contribution in [3.63, 3.8) is 0 Å². The third-order valence-electron chi connectivity index (χ3n) is 5.40. The Morgan fingerprint density at radius 2 is 1.76 bits per heavy atom. The Kier molecular flexibility index (Phi) is 4.94. The van der Waals surface area contributed by atoms with E-state index in [1.807, 2.05) is 0 Å². The van der Waals surface area contributed by atoms with Crippen LogP contribution in [-0.4, -0.2) is 20.8 Å². The van der Waals surface area contributed by atoms with Crippen molar-refractivity contribution in [1.82, 2.24) is 20.1 Å². The molecule has 3 rings (SSSR count). The summed E-state index contributed by atoms with van der Waals surface area (Å²) in [6, 6.07) is 0.889. The summed E-state index contributed by atoms with van der Waals surface area (Å²) >= 11 is 0. The van der Waals surface area contributed by atoms with Gasteiger partial charge in [-0.25, -0.2) is 0 Å². The summed E-state index contributed by atoms with van der Waals surface area (Å²) in [6.07, 6.45) is 12.0. The third-order valence-corrected chi connectivity index (χ3v) is 5.40. The van der Waals surface area contributed by atoms with Crippen LogP contribution in [0.1, 0.15) is 82.9 Å². The molecule has 0 saturated heterocycles. The van der Waals surface area contributed by atoms with E-state index in [-0.39, 0.29) is 0 Å². The van der Waals surface area contributed by atoms with Crippen molar-refractivity contribution in [2.24, 2.45) is 5.92 Å². The van der Waals surface area contributed by atoms with Crippen molar-refractivity contribution in [1.29, 1.82) is 0 Å². The van der Waals surface area contributed by atoms with Crippen LogP contribution in [0, 0.1) is 5.92 Å². The molecule has 1 saturated carbocycles. The average molecular weight is 290 g/mol. The number of rotatable bonds is 4. The van der Waals surface area contributed by atoms with Gasteiger partial charge in [0.1, 0.15) is 11.6 Å². The first-order valence-electron chi connectivity index (χ1n) is 8.93. The molecule has 2 atom stereocenters. The number of aromatic nitrogens is 3. The molecular weight excluding hydrogens is 260 g/mol. The maximum atomic E-state index is 4.49. The molecule has 1 aliphatic carbocycles. The normalized spacial score (nSPS) is 23.3. The van der Waals surface area contributed by atoms with E-state index in [0.29, 0.717) is 12.1 Å². The van der Waals surface area contributed by atoms with Crippen LogP contribution in [0.5, 0.6) is 0 Å². The lowest BCUT2D eigenvalue weighted by molar-refractivity contribution is 0.264. The van der Waals surface area contributed by atoms with Crippen LogP contribution in [0.25, 0.3) is 0 Å². The summed E-state index contributed by atoms with van der Waals surface area (Å²) < 4.78 is 2.37. The van der Waals surface area contributed by atoms with Gasteiger partial charge in [0, 0.05) is 19.0 Å². The smallest absolute Gasteiger partial charge is 0.149 e. The van der Waals surface area contributed by atoms with E-state index in [1.54, 1.807) is 0 Å². The summed E-state index contributed by atoms with van der Waals surface area (Å²) in [5, 5.41) is 12.7. The minimum absolute atomic E-state index is 0.307. The minimum atomic E-state index is 0.307. The number of hydrogen-bond acceptors (Lipinski definition) is 3. The summed E-state index contributed by atoms with van der Waals surface area (Å²) in [5.74, 6) is 3.18. The first-order chi connectivity index (χ1) is 10.3. The zero-order valence-corrected chi connectivity index (χ0v) is 13.6. The van der Waals surface area contributed by atoms with Crippen LogP contribution < -0.4 is 5.32 Å². The van der Waals surface area contributed by atoms with E-state index >= 15 is 0 Å². The van der Waals surface area contributed by atoms with E-state index in [1.165, 1.54) is 57.2 Å². The number of aryl methyl sites for hydroxylation is 1. The number of fused-ring (bicyclic) bond motifs is 1. The van der Waals surface area contributed by atoms with Gasteiger partial charge in [-0.15, -0.1) is 10.2 Å². The van der Waals surface area contributed by atoms with Crippen LogP contribution in [0.3, 0.4) is 0 Å². The van der Waals surface area contributed by atoms with E-state index < -0.39 is 0 Å². The van der Waals surface area contributed by atoms with Crippen molar-refractivity contribution in [3.8, 4) is 0 Å². The predicted molar refractivity (Wildman–Crippen MR) is 85.2 cm³/mol. The molecule has 2 unspecified atom stereocenters. The van der Waals surface area contributed by atoms with Crippen LogP contribution in [0.15, 0.2) is 0 Å². The van der Waals surface area contributed by atoms with Gasteiger partial charge in [-0.1, -0.05) is 25.7 Å².